The third-order valence-corrected chi connectivity index (χ3v) is 12.5. The molecule has 8 heteroatoms. The molecule has 1 N–H and O–H groups in total. The Labute approximate surface area is 210 Å². The molecule has 2 heterocycles. The Morgan fingerprint density at radius 3 is 2.49 bits per heavy atom. The number of piperidine rings is 1. The standard InChI is InChI=1S/C27H40N2O5Si/c1-8-16-33-25(32)27(14-15-29(18-21(27)30)17-20-12-10-9-11-13-20)23-22(24(31)28-23)19(2)34-35(6,7)26(3,4)5/h8-13,19,22-23H,1,14-18H2,2-7H3,(H,28,31)/t19-,22-,23+,27?/m1/s1. The fourth-order valence-electron chi connectivity index (χ4n) is 4.83. The van der Waals surface area contributed by atoms with Gasteiger partial charge >= 0.3 is 5.97 Å². The van der Waals surface area contributed by atoms with Crippen molar-refractivity contribution in [2.75, 3.05) is 19.7 Å². The molecular formula is C27H40N2O5Si. The lowest BCUT2D eigenvalue weighted by Gasteiger charge is -2.52. The third-order valence-electron chi connectivity index (χ3n) is 7.92. The summed E-state index contributed by atoms with van der Waals surface area (Å²) in [7, 11) is -2.17. The number of carbonyl (C=O) groups excluding carboxylic acids is 3. The van der Waals surface area contributed by atoms with Gasteiger partial charge in [0.1, 0.15) is 12.0 Å². The van der Waals surface area contributed by atoms with E-state index >= 15 is 0 Å². The molecule has 7 nitrogen and oxygen atoms in total. The maximum Gasteiger partial charge on any atom is 0.322 e. The van der Waals surface area contributed by atoms with Crippen LogP contribution in [0.2, 0.25) is 18.1 Å². The number of hydrogen-bond acceptors (Lipinski definition) is 6. The van der Waals surface area contributed by atoms with Crippen LogP contribution in [0, 0.1) is 11.3 Å². The van der Waals surface area contributed by atoms with Gasteiger partial charge in [-0.2, -0.15) is 0 Å². The van der Waals surface area contributed by atoms with Crippen LogP contribution in [-0.4, -0.2) is 62.7 Å². The average Bonchev–Trinajstić information content (AvgIpc) is 2.76. The van der Waals surface area contributed by atoms with Gasteiger partial charge in [-0.15, -0.1) is 0 Å². The lowest BCUT2D eigenvalue weighted by atomic mass is 9.62. The molecule has 2 aliphatic heterocycles. The van der Waals surface area contributed by atoms with Crippen molar-refractivity contribution in [1.29, 1.82) is 0 Å². The topological polar surface area (TPSA) is 84.9 Å². The van der Waals surface area contributed by atoms with Gasteiger partial charge in [0.15, 0.2) is 14.1 Å². The number of Topliss-reactive ketones (excluding diaryl/α,β-unsaturated/α-hetero) is 1. The van der Waals surface area contributed by atoms with E-state index < -0.39 is 37.8 Å². The van der Waals surface area contributed by atoms with Crippen LogP contribution in [0.1, 0.15) is 39.7 Å². The van der Waals surface area contributed by atoms with Crippen LogP contribution in [0.5, 0.6) is 0 Å². The van der Waals surface area contributed by atoms with Crippen LogP contribution < -0.4 is 5.32 Å². The number of carbonyl (C=O) groups is 3. The predicted octanol–water partition coefficient (Wildman–Crippen LogP) is 3.70. The highest BCUT2D eigenvalue weighted by atomic mass is 28.4. The Hall–Kier alpha value is -2.29. The summed E-state index contributed by atoms with van der Waals surface area (Å²) in [5.41, 5.74) is -0.326. The lowest BCUT2D eigenvalue weighted by Crippen LogP contribution is -2.74. The minimum absolute atomic E-state index is 0.0168. The summed E-state index contributed by atoms with van der Waals surface area (Å²) in [5.74, 6) is -1.58. The molecule has 0 aliphatic carbocycles. The first-order chi connectivity index (χ1) is 16.3. The van der Waals surface area contributed by atoms with Gasteiger partial charge in [0.2, 0.25) is 5.91 Å². The highest BCUT2D eigenvalue weighted by Crippen LogP contribution is 2.44. The number of ketones is 1. The first-order valence-electron chi connectivity index (χ1n) is 12.4. The zero-order valence-corrected chi connectivity index (χ0v) is 22.9. The van der Waals surface area contributed by atoms with Crippen molar-refractivity contribution < 1.29 is 23.5 Å². The molecule has 1 amide bonds. The van der Waals surface area contributed by atoms with Gasteiger partial charge in [0.25, 0.3) is 0 Å². The Bertz CT molecular complexity index is 958. The van der Waals surface area contributed by atoms with Crippen LogP contribution in [0.3, 0.4) is 0 Å². The van der Waals surface area contributed by atoms with Crippen molar-refractivity contribution in [3.8, 4) is 0 Å². The number of amides is 1. The molecule has 3 rings (SSSR count). The van der Waals surface area contributed by atoms with Gasteiger partial charge in [-0.05, 0) is 37.0 Å². The number of β-lactam (4-membered cyclic amide) rings is 1. The maximum absolute atomic E-state index is 13.7. The minimum Gasteiger partial charge on any atom is -0.461 e. The number of likely N-dealkylation sites (tertiary alicyclic amines) is 1. The quantitative estimate of drug-likeness (QED) is 0.183. The van der Waals surface area contributed by atoms with Crippen molar-refractivity contribution >= 4 is 26.0 Å². The van der Waals surface area contributed by atoms with Gasteiger partial charge < -0.3 is 14.5 Å². The number of nitrogens with zero attached hydrogens (tertiary/aromatic N) is 1. The Balaban J connectivity index is 1.85. The summed E-state index contributed by atoms with van der Waals surface area (Å²) in [5, 5.41) is 2.86. The van der Waals surface area contributed by atoms with Gasteiger partial charge in [-0.25, -0.2) is 0 Å². The van der Waals surface area contributed by atoms with E-state index in [0.29, 0.717) is 13.1 Å². The molecule has 4 atom stereocenters. The molecule has 0 radical (unpaired) electrons. The van der Waals surface area contributed by atoms with E-state index in [9.17, 15) is 14.4 Å². The Kier molecular flexibility index (Phi) is 8.08. The Morgan fingerprint density at radius 2 is 1.94 bits per heavy atom. The SMILES string of the molecule is C=CCOC(=O)C1([C@H]2NC(=O)[C@@H]2[C@@H](C)O[Si](C)(C)C(C)(C)C)CCN(Cc2ccccc2)CC1=O. The molecule has 2 aliphatic rings. The highest BCUT2D eigenvalue weighted by molar-refractivity contribution is 6.74. The second-order valence-electron chi connectivity index (χ2n) is 11.3. The molecule has 2 saturated heterocycles. The summed E-state index contributed by atoms with van der Waals surface area (Å²) in [6.07, 6.45) is 1.35. The molecular weight excluding hydrogens is 460 g/mol. The zero-order chi connectivity index (χ0) is 26.0. The van der Waals surface area contributed by atoms with E-state index in [2.05, 4.69) is 45.8 Å². The van der Waals surface area contributed by atoms with Crippen LogP contribution >= 0.6 is 0 Å². The van der Waals surface area contributed by atoms with E-state index in [1.807, 2.05) is 42.2 Å². The first-order valence-corrected chi connectivity index (χ1v) is 15.3. The van der Waals surface area contributed by atoms with Crippen LogP contribution in [0.4, 0.5) is 0 Å². The zero-order valence-electron chi connectivity index (χ0n) is 21.9. The van der Waals surface area contributed by atoms with E-state index in [1.165, 1.54) is 6.08 Å². The maximum atomic E-state index is 13.7. The van der Waals surface area contributed by atoms with Crippen LogP contribution in [0.25, 0.3) is 0 Å². The highest BCUT2D eigenvalue weighted by Gasteiger charge is 2.64. The van der Waals surface area contributed by atoms with E-state index in [1.54, 1.807) is 0 Å². The van der Waals surface area contributed by atoms with Crippen molar-refractivity contribution in [3.05, 3.63) is 48.6 Å². The molecule has 35 heavy (non-hydrogen) atoms. The third kappa shape index (κ3) is 5.44. The van der Waals surface area contributed by atoms with E-state index in [-0.39, 0.29) is 36.3 Å². The van der Waals surface area contributed by atoms with E-state index in [4.69, 9.17) is 9.16 Å². The van der Waals surface area contributed by atoms with Gasteiger partial charge in [-0.3, -0.25) is 19.3 Å². The number of nitrogens with one attached hydrogen (secondary N) is 1. The fourth-order valence-corrected chi connectivity index (χ4v) is 6.26. The predicted molar refractivity (Wildman–Crippen MR) is 138 cm³/mol. The van der Waals surface area contributed by atoms with Crippen molar-refractivity contribution in [3.63, 3.8) is 0 Å². The number of benzene rings is 1. The number of esters is 1. The van der Waals surface area contributed by atoms with Gasteiger partial charge in [0.05, 0.1) is 24.6 Å². The first kappa shape index (κ1) is 27.3. The number of hydrogen-bond donors (Lipinski definition) is 1. The largest absolute Gasteiger partial charge is 0.461 e. The number of rotatable bonds is 9. The summed E-state index contributed by atoms with van der Waals surface area (Å²) < 4.78 is 12.0. The summed E-state index contributed by atoms with van der Waals surface area (Å²) in [6, 6.07) is 9.28. The molecule has 1 aromatic carbocycles. The molecule has 0 aromatic heterocycles. The molecule has 192 valence electrons. The average molecular weight is 501 g/mol. The van der Waals surface area contributed by atoms with Crippen molar-refractivity contribution in [1.82, 2.24) is 10.2 Å². The monoisotopic (exact) mass is 500 g/mol. The summed E-state index contributed by atoms with van der Waals surface area (Å²) in [6.45, 7) is 17.5. The normalized spacial score (nSPS) is 26.5. The second kappa shape index (κ2) is 10.4. The molecule has 0 saturated carbocycles. The smallest absolute Gasteiger partial charge is 0.322 e. The fraction of sp³-hybridized carbons (Fsp3) is 0.593. The van der Waals surface area contributed by atoms with Crippen LogP contribution in [0.15, 0.2) is 43.0 Å². The number of ether oxygens (including phenoxy) is 1. The molecule has 0 bridgehead atoms. The Morgan fingerprint density at radius 1 is 1.29 bits per heavy atom. The summed E-state index contributed by atoms with van der Waals surface area (Å²) in [4.78, 5) is 42.0. The van der Waals surface area contributed by atoms with Gasteiger partial charge in [-0.1, -0.05) is 63.8 Å². The van der Waals surface area contributed by atoms with E-state index in [0.717, 1.165) is 5.56 Å². The van der Waals surface area contributed by atoms with Crippen LogP contribution in [-0.2, 0) is 30.1 Å². The van der Waals surface area contributed by atoms with Gasteiger partial charge in [0, 0.05) is 13.1 Å². The lowest BCUT2D eigenvalue weighted by molar-refractivity contribution is -0.174. The minimum atomic E-state index is -2.17. The molecule has 0 spiro atoms. The molecule has 2 fully saturated rings. The van der Waals surface area contributed by atoms with Crippen molar-refractivity contribution in [2.45, 2.75) is 70.9 Å². The molecule has 1 aromatic rings. The molecule has 1 unspecified atom stereocenters. The summed E-state index contributed by atoms with van der Waals surface area (Å²) >= 11 is 0. The second-order valence-corrected chi connectivity index (χ2v) is 16.1. The van der Waals surface area contributed by atoms with Crippen molar-refractivity contribution in [2.24, 2.45) is 11.3 Å².